The lowest BCUT2D eigenvalue weighted by Gasteiger charge is -2.32. The van der Waals surface area contributed by atoms with Gasteiger partial charge in [0.15, 0.2) is 5.82 Å². The van der Waals surface area contributed by atoms with E-state index in [1.165, 1.54) is 18.5 Å². The minimum Gasteiger partial charge on any atom is -0.382 e. The molecule has 5 rings (SSSR count). The highest BCUT2D eigenvalue weighted by molar-refractivity contribution is 6.38. The average Bonchev–Trinajstić information content (AvgIpc) is 3.43. The molecule has 0 saturated carbocycles. The molecule has 1 aromatic heterocycles. The van der Waals surface area contributed by atoms with E-state index >= 15 is 0 Å². The number of fused-ring (bicyclic) bond motifs is 1. The first-order chi connectivity index (χ1) is 15.6. The fraction of sp³-hybridized carbons (Fsp3) is 0.292. The Balaban J connectivity index is 1.55. The van der Waals surface area contributed by atoms with Crippen LogP contribution < -0.4 is 10.6 Å². The van der Waals surface area contributed by atoms with E-state index in [0.29, 0.717) is 28.6 Å². The lowest BCUT2D eigenvalue weighted by atomic mass is 9.94. The summed E-state index contributed by atoms with van der Waals surface area (Å²) in [4.78, 5) is 19.8. The third-order valence-electron chi connectivity index (χ3n) is 6.18. The molecule has 1 amide bonds. The quantitative estimate of drug-likeness (QED) is 0.535. The van der Waals surface area contributed by atoms with Crippen LogP contribution in [-0.4, -0.2) is 51.7 Å². The third kappa shape index (κ3) is 3.89. The summed E-state index contributed by atoms with van der Waals surface area (Å²) in [5.74, 6) is -0.212. The van der Waals surface area contributed by atoms with Gasteiger partial charge >= 0.3 is 0 Å². The molecule has 1 saturated heterocycles. The van der Waals surface area contributed by atoms with E-state index in [0.717, 1.165) is 49.4 Å². The molecular formula is C24H25FN6O. The molecule has 0 aliphatic carbocycles. The van der Waals surface area contributed by atoms with E-state index in [2.05, 4.69) is 37.6 Å². The molecule has 2 aliphatic heterocycles. The number of aromatic amines is 1. The van der Waals surface area contributed by atoms with Gasteiger partial charge in [-0.3, -0.25) is 9.89 Å². The number of rotatable bonds is 5. The SMILES string of the molecule is CCN1CCC(Nc2ccc3c(c2)/C(=C(\c2cccc(F)c2)c2ncn[nH]2)C(=O)N3)CC1. The third-order valence-corrected chi connectivity index (χ3v) is 6.18. The molecule has 0 spiro atoms. The monoisotopic (exact) mass is 432 g/mol. The number of piperidine rings is 1. The molecule has 2 aliphatic rings. The van der Waals surface area contributed by atoms with Gasteiger partial charge in [0.1, 0.15) is 12.1 Å². The van der Waals surface area contributed by atoms with Crippen molar-refractivity contribution in [1.29, 1.82) is 0 Å². The average molecular weight is 433 g/mol. The topological polar surface area (TPSA) is 85.9 Å². The molecule has 7 nitrogen and oxygen atoms in total. The molecule has 0 radical (unpaired) electrons. The highest BCUT2D eigenvalue weighted by atomic mass is 19.1. The summed E-state index contributed by atoms with van der Waals surface area (Å²) in [5.41, 5.74) is 3.98. The van der Waals surface area contributed by atoms with Gasteiger partial charge in [0.05, 0.1) is 5.57 Å². The first kappa shape index (κ1) is 20.4. The summed E-state index contributed by atoms with van der Waals surface area (Å²) in [6.07, 6.45) is 3.54. The van der Waals surface area contributed by atoms with Crippen LogP contribution in [0, 0.1) is 5.82 Å². The van der Waals surface area contributed by atoms with Crippen LogP contribution in [0.5, 0.6) is 0 Å². The number of hydrogen-bond donors (Lipinski definition) is 3. The van der Waals surface area contributed by atoms with Crippen molar-refractivity contribution in [2.75, 3.05) is 30.3 Å². The van der Waals surface area contributed by atoms with Crippen LogP contribution in [0.4, 0.5) is 15.8 Å². The molecule has 0 bridgehead atoms. The van der Waals surface area contributed by atoms with Gasteiger partial charge in [0, 0.05) is 41.6 Å². The number of anilines is 2. The summed E-state index contributed by atoms with van der Waals surface area (Å²) in [6.45, 7) is 5.44. The van der Waals surface area contributed by atoms with Gasteiger partial charge in [-0.05, 0) is 55.3 Å². The molecular weight excluding hydrogens is 407 g/mol. The van der Waals surface area contributed by atoms with E-state index in [9.17, 15) is 9.18 Å². The number of carbonyl (C=O) groups is 1. The number of amides is 1. The van der Waals surface area contributed by atoms with Gasteiger partial charge in [0.2, 0.25) is 0 Å². The van der Waals surface area contributed by atoms with Crippen molar-refractivity contribution in [3.05, 3.63) is 71.6 Å². The Morgan fingerprint density at radius 1 is 1.22 bits per heavy atom. The molecule has 1 fully saturated rings. The summed E-state index contributed by atoms with van der Waals surface area (Å²) in [7, 11) is 0. The van der Waals surface area contributed by atoms with Gasteiger partial charge in [-0.2, -0.15) is 5.10 Å². The molecule has 8 heteroatoms. The fourth-order valence-corrected chi connectivity index (χ4v) is 4.50. The normalized spacial score (nSPS) is 18.4. The van der Waals surface area contributed by atoms with Crippen LogP contribution in [0.25, 0.3) is 11.1 Å². The van der Waals surface area contributed by atoms with Crippen LogP contribution in [0.1, 0.15) is 36.7 Å². The summed E-state index contributed by atoms with van der Waals surface area (Å²) >= 11 is 0. The number of aromatic nitrogens is 3. The predicted octanol–water partition coefficient (Wildman–Crippen LogP) is 3.75. The first-order valence-corrected chi connectivity index (χ1v) is 10.9. The van der Waals surface area contributed by atoms with Crippen LogP contribution in [0.15, 0.2) is 48.8 Å². The number of benzene rings is 2. The Labute approximate surface area is 185 Å². The second-order valence-electron chi connectivity index (χ2n) is 8.16. The van der Waals surface area contributed by atoms with Crippen LogP contribution in [0.3, 0.4) is 0 Å². The maximum Gasteiger partial charge on any atom is 0.257 e. The maximum atomic E-state index is 14.0. The standard InChI is InChI=1S/C24H25FN6O/c1-2-31-10-8-17(9-11-31)28-18-6-7-20-19(13-18)22(24(32)29-20)21(23-26-14-27-30-23)15-4-3-5-16(25)12-15/h3-7,12-14,17,28H,2,8-11H2,1H3,(H,29,32)(H,26,27,30)/b22-21-. The van der Waals surface area contributed by atoms with Crippen molar-refractivity contribution in [3.63, 3.8) is 0 Å². The second-order valence-corrected chi connectivity index (χ2v) is 8.16. The van der Waals surface area contributed by atoms with Gasteiger partial charge in [-0.1, -0.05) is 19.1 Å². The lowest BCUT2D eigenvalue weighted by Crippen LogP contribution is -2.38. The van der Waals surface area contributed by atoms with Gasteiger partial charge < -0.3 is 15.5 Å². The zero-order chi connectivity index (χ0) is 22.1. The van der Waals surface area contributed by atoms with E-state index < -0.39 is 0 Å². The minimum atomic E-state index is -0.382. The fourth-order valence-electron chi connectivity index (χ4n) is 4.50. The number of nitrogens with one attached hydrogen (secondary N) is 3. The largest absolute Gasteiger partial charge is 0.382 e. The summed E-state index contributed by atoms with van der Waals surface area (Å²) in [5, 5.41) is 13.3. The molecule has 3 heterocycles. The molecule has 0 unspecified atom stereocenters. The Hall–Kier alpha value is -3.52. The van der Waals surface area contributed by atoms with Crippen LogP contribution in [0.2, 0.25) is 0 Å². The highest BCUT2D eigenvalue weighted by Gasteiger charge is 2.30. The summed E-state index contributed by atoms with van der Waals surface area (Å²) in [6, 6.07) is 12.5. The molecule has 2 aromatic carbocycles. The van der Waals surface area contributed by atoms with E-state index in [4.69, 9.17) is 0 Å². The number of carbonyl (C=O) groups excluding carboxylic acids is 1. The Morgan fingerprint density at radius 3 is 2.78 bits per heavy atom. The number of hydrogen-bond acceptors (Lipinski definition) is 5. The Morgan fingerprint density at radius 2 is 2.06 bits per heavy atom. The molecule has 3 aromatic rings. The van der Waals surface area contributed by atoms with Gasteiger partial charge in [-0.25, -0.2) is 9.37 Å². The number of likely N-dealkylation sites (tertiary alicyclic amines) is 1. The predicted molar refractivity (Wildman–Crippen MR) is 123 cm³/mol. The Kier molecular flexibility index (Phi) is 5.45. The van der Waals surface area contributed by atoms with Crippen molar-refractivity contribution in [2.24, 2.45) is 0 Å². The lowest BCUT2D eigenvalue weighted by molar-refractivity contribution is -0.110. The van der Waals surface area contributed by atoms with Gasteiger partial charge in [0.25, 0.3) is 5.91 Å². The van der Waals surface area contributed by atoms with Crippen molar-refractivity contribution in [2.45, 2.75) is 25.8 Å². The Bertz CT molecular complexity index is 1160. The highest BCUT2D eigenvalue weighted by Crippen LogP contribution is 2.40. The zero-order valence-electron chi connectivity index (χ0n) is 17.9. The molecule has 3 N–H and O–H groups in total. The van der Waals surface area contributed by atoms with Gasteiger partial charge in [-0.15, -0.1) is 0 Å². The second kappa shape index (κ2) is 8.55. The molecule has 0 atom stereocenters. The minimum absolute atomic E-state index is 0.246. The maximum absolute atomic E-state index is 14.0. The van der Waals surface area contributed by atoms with Crippen molar-refractivity contribution in [1.82, 2.24) is 20.1 Å². The van der Waals surface area contributed by atoms with Crippen molar-refractivity contribution >= 4 is 28.4 Å². The number of H-pyrrole nitrogens is 1. The smallest absolute Gasteiger partial charge is 0.257 e. The van der Waals surface area contributed by atoms with Crippen molar-refractivity contribution in [3.8, 4) is 0 Å². The molecule has 32 heavy (non-hydrogen) atoms. The number of nitrogens with zero attached hydrogens (tertiary/aromatic N) is 3. The van der Waals surface area contributed by atoms with Crippen LogP contribution >= 0.6 is 0 Å². The van der Waals surface area contributed by atoms with E-state index in [1.54, 1.807) is 12.1 Å². The van der Waals surface area contributed by atoms with Crippen LogP contribution in [-0.2, 0) is 4.79 Å². The zero-order valence-corrected chi connectivity index (χ0v) is 17.9. The van der Waals surface area contributed by atoms with E-state index in [1.807, 2.05) is 18.2 Å². The number of halogens is 1. The van der Waals surface area contributed by atoms with E-state index in [-0.39, 0.29) is 11.7 Å². The first-order valence-electron chi connectivity index (χ1n) is 10.9. The molecule has 164 valence electrons. The summed E-state index contributed by atoms with van der Waals surface area (Å²) < 4.78 is 14.0. The van der Waals surface area contributed by atoms with Crippen molar-refractivity contribution < 1.29 is 9.18 Å².